The van der Waals surface area contributed by atoms with Crippen molar-refractivity contribution < 1.29 is 9.90 Å². The first-order valence-corrected chi connectivity index (χ1v) is 14.2. The van der Waals surface area contributed by atoms with Gasteiger partial charge >= 0.3 is 5.69 Å². The fourth-order valence-electron chi connectivity index (χ4n) is 5.26. The number of para-hydroxylation sites is 1. The minimum atomic E-state index is -0.516. The molecule has 1 amide bonds. The number of phenolic OH excluding ortho intramolecular Hbond substituents is 1. The van der Waals surface area contributed by atoms with Gasteiger partial charge in [0.15, 0.2) is 5.65 Å². The van der Waals surface area contributed by atoms with Crippen LogP contribution in [0.4, 0.5) is 5.82 Å². The van der Waals surface area contributed by atoms with E-state index >= 15 is 0 Å². The van der Waals surface area contributed by atoms with Gasteiger partial charge in [-0.25, -0.2) is 14.3 Å². The highest BCUT2D eigenvalue weighted by Crippen LogP contribution is 2.41. The number of anilines is 1. The second-order valence-corrected chi connectivity index (χ2v) is 11.5. The number of benzene rings is 2. The van der Waals surface area contributed by atoms with E-state index in [4.69, 9.17) is 39.8 Å². The fourth-order valence-corrected chi connectivity index (χ4v) is 5.92. The number of amides is 1. The molecule has 0 unspecified atom stereocenters. The van der Waals surface area contributed by atoms with Gasteiger partial charge in [-0.3, -0.25) is 4.79 Å². The first kappa shape index (κ1) is 28.9. The van der Waals surface area contributed by atoms with Crippen LogP contribution in [0.5, 0.6) is 5.75 Å². The van der Waals surface area contributed by atoms with Gasteiger partial charge in [0, 0.05) is 37.3 Å². The molecule has 0 bridgehead atoms. The Morgan fingerprint density at radius 3 is 2.51 bits per heavy atom. The van der Waals surface area contributed by atoms with Crippen LogP contribution in [-0.2, 0) is 4.79 Å². The average molecular weight is 613 g/mol. The third kappa shape index (κ3) is 5.27. The summed E-state index contributed by atoms with van der Waals surface area (Å²) < 4.78 is 1.48. The zero-order valence-electron chi connectivity index (χ0n) is 22.7. The Kier molecular flexibility index (Phi) is 8.01. The molecule has 5 rings (SSSR count). The molecule has 0 radical (unpaired) electrons. The van der Waals surface area contributed by atoms with Gasteiger partial charge in [0.05, 0.1) is 31.8 Å². The Balaban J connectivity index is 1.81. The lowest BCUT2D eigenvalue weighted by molar-refractivity contribution is -0.126. The summed E-state index contributed by atoms with van der Waals surface area (Å²) >= 11 is 19.6. The van der Waals surface area contributed by atoms with Crippen LogP contribution in [0.3, 0.4) is 0 Å². The van der Waals surface area contributed by atoms with E-state index in [1.54, 1.807) is 11.0 Å². The summed E-state index contributed by atoms with van der Waals surface area (Å²) in [6.45, 7) is 11.0. The molecule has 1 fully saturated rings. The van der Waals surface area contributed by atoms with Crippen LogP contribution in [-0.4, -0.2) is 56.1 Å². The number of carbonyl (C=O) groups excluding carboxylic acids is 1. The van der Waals surface area contributed by atoms with Crippen molar-refractivity contribution in [3.8, 4) is 22.7 Å². The highest BCUT2D eigenvalue weighted by atomic mass is 35.5. The molecule has 8 nitrogen and oxygen atoms in total. The molecule has 0 saturated carbocycles. The van der Waals surface area contributed by atoms with E-state index < -0.39 is 5.69 Å². The number of carbonyl (C=O) groups is 1. The number of piperazine rings is 1. The minimum absolute atomic E-state index is 0.105. The fraction of sp³-hybridized carbons (Fsp3) is 0.267. The van der Waals surface area contributed by atoms with Gasteiger partial charge in [-0.1, -0.05) is 73.4 Å². The van der Waals surface area contributed by atoms with Gasteiger partial charge in [0.2, 0.25) is 5.91 Å². The quantitative estimate of drug-likeness (QED) is 0.260. The van der Waals surface area contributed by atoms with E-state index in [-0.39, 0.29) is 44.4 Å². The molecule has 11 heteroatoms. The van der Waals surface area contributed by atoms with Crippen LogP contribution < -0.4 is 10.6 Å². The number of nitrogens with zero attached hydrogens (tertiary/aromatic N) is 5. The van der Waals surface area contributed by atoms with Crippen LogP contribution in [0, 0.1) is 0 Å². The van der Waals surface area contributed by atoms with Gasteiger partial charge in [-0.05, 0) is 42.7 Å². The zero-order valence-corrected chi connectivity index (χ0v) is 25.0. The Morgan fingerprint density at radius 2 is 1.83 bits per heavy atom. The number of phenols is 1. The van der Waals surface area contributed by atoms with Crippen LogP contribution in [0.1, 0.15) is 32.3 Å². The largest absolute Gasteiger partial charge is 0.508 e. The number of aromatic nitrogens is 3. The third-order valence-electron chi connectivity index (χ3n) is 7.26. The Bertz CT molecular complexity index is 1750. The Morgan fingerprint density at radius 1 is 1.10 bits per heavy atom. The molecule has 2 aromatic heterocycles. The number of pyridine rings is 1. The highest BCUT2D eigenvalue weighted by molar-refractivity contribution is 6.44. The standard InChI is InChI=1S/C30H28Cl3N5O3/c1-5-25(40)36-10-11-37(17(4)15-36)28-21-14-23(32)27(20-12-18(39)13-22(31)26(20)33)34-29(21)38(30(41)35-28)24-9-7-6-8-19(24)16(2)3/h5-9,12-14,16-17,39H,1,10-11,15H2,2-4H3/t17-/m0/s1. The zero-order chi connectivity index (χ0) is 29.6. The summed E-state index contributed by atoms with van der Waals surface area (Å²) in [5.74, 6) is 0.272. The van der Waals surface area contributed by atoms with Crippen molar-refractivity contribution in [2.24, 2.45) is 0 Å². The van der Waals surface area contributed by atoms with E-state index in [9.17, 15) is 14.7 Å². The van der Waals surface area contributed by atoms with Crippen molar-refractivity contribution in [2.75, 3.05) is 24.5 Å². The van der Waals surface area contributed by atoms with Gasteiger partial charge < -0.3 is 14.9 Å². The normalized spacial score (nSPS) is 15.5. The maximum Gasteiger partial charge on any atom is 0.355 e. The summed E-state index contributed by atoms with van der Waals surface area (Å²) in [6, 6.07) is 11.9. The first-order valence-electron chi connectivity index (χ1n) is 13.1. The molecule has 0 aliphatic carbocycles. The van der Waals surface area contributed by atoms with E-state index in [2.05, 4.69) is 11.6 Å². The molecular weight excluding hydrogens is 585 g/mol. The Labute approximate surface area is 252 Å². The topological polar surface area (TPSA) is 91.6 Å². The number of aromatic hydroxyl groups is 1. The second kappa shape index (κ2) is 11.4. The second-order valence-electron chi connectivity index (χ2n) is 10.3. The van der Waals surface area contributed by atoms with Crippen molar-refractivity contribution in [3.63, 3.8) is 0 Å². The molecule has 2 aromatic carbocycles. The molecule has 1 aliphatic rings. The van der Waals surface area contributed by atoms with Crippen molar-refractivity contribution in [1.29, 1.82) is 0 Å². The Hall–Kier alpha value is -3.59. The number of fused-ring (bicyclic) bond motifs is 1. The number of hydrogen-bond acceptors (Lipinski definition) is 6. The molecule has 0 spiro atoms. The lowest BCUT2D eigenvalue weighted by atomic mass is 10.0. The molecule has 41 heavy (non-hydrogen) atoms. The van der Waals surface area contributed by atoms with Crippen molar-refractivity contribution in [1.82, 2.24) is 19.4 Å². The molecule has 1 atom stereocenters. The lowest BCUT2D eigenvalue weighted by Crippen LogP contribution is -2.54. The summed E-state index contributed by atoms with van der Waals surface area (Å²) in [7, 11) is 0. The van der Waals surface area contributed by atoms with Gasteiger partial charge in [0.1, 0.15) is 11.6 Å². The molecule has 3 heterocycles. The molecule has 1 saturated heterocycles. The molecule has 4 aromatic rings. The van der Waals surface area contributed by atoms with E-state index in [1.807, 2.05) is 49.9 Å². The van der Waals surface area contributed by atoms with Crippen molar-refractivity contribution in [2.45, 2.75) is 32.7 Å². The van der Waals surface area contributed by atoms with E-state index in [1.165, 1.54) is 22.8 Å². The van der Waals surface area contributed by atoms with Crippen molar-refractivity contribution >= 4 is 57.6 Å². The third-order valence-corrected chi connectivity index (χ3v) is 8.35. The molecule has 1 aliphatic heterocycles. The summed E-state index contributed by atoms with van der Waals surface area (Å²) in [5, 5.41) is 11.4. The SMILES string of the molecule is C=CC(=O)N1CCN(c2nc(=O)n(-c3ccccc3C(C)C)c3nc(-c4cc(O)cc(Cl)c4Cl)c(Cl)cc23)[C@@H](C)C1. The first-order chi connectivity index (χ1) is 19.5. The number of halogens is 3. The molecule has 212 valence electrons. The summed E-state index contributed by atoms with van der Waals surface area (Å²) in [4.78, 5) is 39.3. The van der Waals surface area contributed by atoms with Crippen LogP contribution in [0.15, 0.2) is 59.9 Å². The molecule has 1 N–H and O–H groups in total. The predicted molar refractivity (Wildman–Crippen MR) is 165 cm³/mol. The van der Waals surface area contributed by atoms with Gasteiger partial charge in [-0.2, -0.15) is 4.98 Å². The average Bonchev–Trinajstić information content (AvgIpc) is 2.94. The minimum Gasteiger partial charge on any atom is -0.508 e. The maximum atomic E-state index is 13.9. The monoisotopic (exact) mass is 611 g/mol. The van der Waals surface area contributed by atoms with E-state index in [0.29, 0.717) is 47.7 Å². The predicted octanol–water partition coefficient (Wildman–Crippen LogP) is 6.46. The number of hydrogen-bond donors (Lipinski definition) is 1. The highest BCUT2D eigenvalue weighted by Gasteiger charge is 2.30. The van der Waals surface area contributed by atoms with Gasteiger partial charge in [0.25, 0.3) is 0 Å². The maximum absolute atomic E-state index is 13.9. The summed E-state index contributed by atoms with van der Waals surface area (Å²) in [5.41, 5.74) is 1.96. The van der Waals surface area contributed by atoms with Crippen LogP contribution in [0.25, 0.3) is 28.0 Å². The van der Waals surface area contributed by atoms with Crippen molar-refractivity contribution in [3.05, 3.63) is 86.2 Å². The summed E-state index contributed by atoms with van der Waals surface area (Å²) in [6.07, 6.45) is 1.30. The molecular formula is C30H28Cl3N5O3. The lowest BCUT2D eigenvalue weighted by Gasteiger charge is -2.40. The van der Waals surface area contributed by atoms with Crippen LogP contribution >= 0.6 is 34.8 Å². The van der Waals surface area contributed by atoms with E-state index in [0.717, 1.165) is 5.56 Å². The smallest absolute Gasteiger partial charge is 0.355 e. The number of rotatable bonds is 5. The van der Waals surface area contributed by atoms with Crippen LogP contribution in [0.2, 0.25) is 15.1 Å². The van der Waals surface area contributed by atoms with Gasteiger partial charge in [-0.15, -0.1) is 0 Å².